The molecule has 0 aliphatic carbocycles. The van der Waals surface area contributed by atoms with Crippen molar-refractivity contribution in [1.29, 1.82) is 0 Å². The van der Waals surface area contributed by atoms with Crippen LogP contribution in [0.3, 0.4) is 0 Å². The van der Waals surface area contributed by atoms with Crippen molar-refractivity contribution in [3.8, 4) is 5.75 Å². The van der Waals surface area contributed by atoms with Crippen LogP contribution in [0.15, 0.2) is 60.7 Å². The maximum atomic E-state index is 12.8. The van der Waals surface area contributed by atoms with E-state index in [1.165, 1.54) is 0 Å². The van der Waals surface area contributed by atoms with Crippen LogP contribution in [0.25, 0.3) is 0 Å². The van der Waals surface area contributed by atoms with E-state index in [9.17, 15) is 9.59 Å². The van der Waals surface area contributed by atoms with Crippen molar-refractivity contribution in [2.24, 2.45) is 5.41 Å². The number of carbonyl (C=O) groups excluding carboxylic acids is 2. The van der Waals surface area contributed by atoms with Gasteiger partial charge in [0.05, 0.1) is 6.42 Å². The van der Waals surface area contributed by atoms with Crippen molar-refractivity contribution >= 4 is 23.4 Å². The molecule has 2 aliphatic heterocycles. The Balaban J connectivity index is 1.39. The van der Waals surface area contributed by atoms with Gasteiger partial charge in [-0.15, -0.1) is 0 Å². The summed E-state index contributed by atoms with van der Waals surface area (Å²) in [5, 5.41) is 3.74. The lowest BCUT2D eigenvalue weighted by Crippen LogP contribution is -2.48. The molecule has 1 spiro atoms. The summed E-state index contributed by atoms with van der Waals surface area (Å²) in [5.74, 6) is 0.792. The van der Waals surface area contributed by atoms with E-state index in [4.69, 9.17) is 16.3 Å². The number of nitrogens with zero attached hydrogens (tertiary/aromatic N) is 1. The topological polar surface area (TPSA) is 58.6 Å². The van der Waals surface area contributed by atoms with Gasteiger partial charge < -0.3 is 15.0 Å². The van der Waals surface area contributed by atoms with Crippen molar-refractivity contribution < 1.29 is 14.3 Å². The van der Waals surface area contributed by atoms with E-state index in [1.54, 1.807) is 0 Å². The number of hydrogen-bond donors (Lipinski definition) is 1. The Morgan fingerprint density at radius 2 is 1.81 bits per heavy atom. The zero-order chi connectivity index (χ0) is 22.4. The third-order valence-corrected chi connectivity index (χ3v) is 6.74. The summed E-state index contributed by atoms with van der Waals surface area (Å²) >= 11 is 5.94. The number of halogens is 1. The Morgan fingerprint density at radius 1 is 1.06 bits per heavy atom. The largest absolute Gasteiger partial charge is 0.483 e. The summed E-state index contributed by atoms with van der Waals surface area (Å²) in [7, 11) is 0. The fourth-order valence-corrected chi connectivity index (χ4v) is 4.54. The molecule has 1 fully saturated rings. The quantitative estimate of drug-likeness (QED) is 0.695. The zero-order valence-corrected chi connectivity index (χ0v) is 18.9. The highest BCUT2D eigenvalue weighted by molar-refractivity contribution is 6.30. The van der Waals surface area contributed by atoms with Gasteiger partial charge in [0.2, 0.25) is 5.91 Å². The predicted molar refractivity (Wildman–Crippen MR) is 126 cm³/mol. The third kappa shape index (κ3) is 5.71. The van der Waals surface area contributed by atoms with Gasteiger partial charge >= 0.3 is 0 Å². The van der Waals surface area contributed by atoms with Gasteiger partial charge in [-0.1, -0.05) is 54.1 Å². The lowest BCUT2D eigenvalue weighted by Gasteiger charge is -2.41. The second-order valence-electron chi connectivity index (χ2n) is 8.74. The molecule has 2 aromatic carbocycles. The minimum absolute atomic E-state index is 0.0164. The van der Waals surface area contributed by atoms with E-state index in [1.807, 2.05) is 53.4 Å². The first-order valence-corrected chi connectivity index (χ1v) is 11.6. The van der Waals surface area contributed by atoms with E-state index in [-0.39, 0.29) is 23.8 Å². The lowest BCUT2D eigenvalue weighted by molar-refractivity contribution is -0.133. The number of rotatable bonds is 2. The number of amides is 2. The molecule has 1 N–H and O–H groups in total. The van der Waals surface area contributed by atoms with Crippen molar-refractivity contribution in [2.75, 3.05) is 26.2 Å². The molecule has 0 unspecified atom stereocenters. The number of piperidine rings is 1. The molecule has 2 aliphatic rings. The van der Waals surface area contributed by atoms with E-state index in [0.717, 1.165) is 42.6 Å². The summed E-state index contributed by atoms with van der Waals surface area (Å²) in [6.07, 6.45) is 8.18. The number of nitrogens with one attached hydrogen (secondary N) is 1. The number of carbonyl (C=O) groups is 2. The molecular formula is C26H29ClN2O3. The molecule has 0 atom stereocenters. The van der Waals surface area contributed by atoms with Crippen LogP contribution in [0.5, 0.6) is 5.75 Å². The first kappa shape index (κ1) is 22.4. The Bertz CT molecular complexity index is 979. The van der Waals surface area contributed by atoms with Crippen LogP contribution in [0.2, 0.25) is 5.02 Å². The molecule has 4 rings (SSSR count). The van der Waals surface area contributed by atoms with Crippen LogP contribution in [0.4, 0.5) is 0 Å². The summed E-state index contributed by atoms with van der Waals surface area (Å²) < 4.78 is 5.75. The lowest BCUT2D eigenvalue weighted by atomic mass is 9.75. The fourth-order valence-electron chi connectivity index (χ4n) is 4.41. The van der Waals surface area contributed by atoms with Crippen molar-refractivity contribution in [3.05, 3.63) is 76.8 Å². The van der Waals surface area contributed by atoms with Gasteiger partial charge in [-0.3, -0.25) is 9.59 Å². The summed E-state index contributed by atoms with van der Waals surface area (Å²) in [5.41, 5.74) is 2.01. The second-order valence-corrected chi connectivity index (χ2v) is 9.17. The van der Waals surface area contributed by atoms with Crippen LogP contribution in [-0.4, -0.2) is 43.0 Å². The number of para-hydroxylation sites is 1. The van der Waals surface area contributed by atoms with Gasteiger partial charge in [-0.25, -0.2) is 0 Å². The smallest absolute Gasteiger partial charge is 0.257 e. The summed E-state index contributed by atoms with van der Waals surface area (Å²) in [4.78, 5) is 27.1. The highest BCUT2D eigenvalue weighted by Gasteiger charge is 2.35. The normalized spacial score (nSPS) is 19.7. The Labute approximate surface area is 194 Å². The number of benzene rings is 2. The molecule has 0 bridgehead atoms. The number of likely N-dealkylation sites (tertiary alicyclic amines) is 1. The monoisotopic (exact) mass is 452 g/mol. The number of fused-ring (bicyclic) bond motifs is 1. The molecule has 6 heteroatoms. The standard InChI is InChI=1S/C26H29ClN2O3/c27-22-10-8-20(9-11-22)17-25(31)29-15-13-26(14-16-29)12-4-3-6-21-5-1-2-7-23(21)32-18-24(30)28-19-26/h1-5,7-11H,6,12-19H2,(H,28,30)/b4-3+. The van der Waals surface area contributed by atoms with Crippen LogP contribution in [0.1, 0.15) is 30.4 Å². The first-order valence-electron chi connectivity index (χ1n) is 11.2. The number of allylic oxidation sites excluding steroid dienone is 2. The highest BCUT2D eigenvalue weighted by atomic mass is 35.5. The number of hydrogen-bond acceptors (Lipinski definition) is 3. The highest BCUT2D eigenvalue weighted by Crippen LogP contribution is 2.35. The zero-order valence-electron chi connectivity index (χ0n) is 18.2. The van der Waals surface area contributed by atoms with E-state index < -0.39 is 0 Å². The molecule has 2 aromatic rings. The molecule has 5 nitrogen and oxygen atoms in total. The van der Waals surface area contributed by atoms with Crippen molar-refractivity contribution in [3.63, 3.8) is 0 Å². The van der Waals surface area contributed by atoms with Gasteiger partial charge in [0.1, 0.15) is 5.75 Å². The number of ether oxygens (including phenoxy) is 1. The van der Waals surface area contributed by atoms with Crippen LogP contribution >= 0.6 is 11.6 Å². The maximum Gasteiger partial charge on any atom is 0.257 e. The molecule has 32 heavy (non-hydrogen) atoms. The molecule has 2 heterocycles. The van der Waals surface area contributed by atoms with Crippen molar-refractivity contribution in [1.82, 2.24) is 10.2 Å². The summed E-state index contributed by atoms with van der Waals surface area (Å²) in [6, 6.07) is 15.3. The minimum atomic E-state index is -0.107. The third-order valence-electron chi connectivity index (χ3n) is 6.49. The Kier molecular flexibility index (Phi) is 7.15. The molecule has 168 valence electrons. The molecule has 0 saturated carbocycles. The average molecular weight is 453 g/mol. The molecule has 0 aromatic heterocycles. The molecule has 1 saturated heterocycles. The maximum absolute atomic E-state index is 12.8. The molecular weight excluding hydrogens is 424 g/mol. The minimum Gasteiger partial charge on any atom is -0.483 e. The Morgan fingerprint density at radius 3 is 2.59 bits per heavy atom. The van der Waals surface area contributed by atoms with Gasteiger partial charge in [0, 0.05) is 24.7 Å². The van der Waals surface area contributed by atoms with E-state index >= 15 is 0 Å². The molecule has 0 radical (unpaired) electrons. The van der Waals surface area contributed by atoms with Gasteiger partial charge in [-0.2, -0.15) is 0 Å². The Hall–Kier alpha value is -2.79. The fraction of sp³-hybridized carbons (Fsp3) is 0.385. The van der Waals surface area contributed by atoms with Crippen molar-refractivity contribution in [2.45, 2.75) is 32.1 Å². The van der Waals surface area contributed by atoms with Gasteiger partial charge in [-0.05, 0) is 60.4 Å². The SMILES string of the molecule is O=C1COc2ccccc2C/C=C/CC2(CCN(C(=O)Cc3ccc(Cl)cc3)CC2)CN1. The first-order chi connectivity index (χ1) is 15.5. The van der Waals surface area contributed by atoms with Gasteiger partial charge in [0.15, 0.2) is 6.61 Å². The van der Waals surface area contributed by atoms with E-state index in [2.05, 4.69) is 17.5 Å². The second kappa shape index (κ2) is 10.2. The van der Waals surface area contributed by atoms with Crippen LogP contribution in [0, 0.1) is 5.41 Å². The average Bonchev–Trinajstić information content (AvgIpc) is 2.81. The molecule has 2 amide bonds. The van der Waals surface area contributed by atoms with Crippen LogP contribution < -0.4 is 10.1 Å². The predicted octanol–water partition coefficient (Wildman–Crippen LogP) is 4.19. The van der Waals surface area contributed by atoms with Crippen LogP contribution in [-0.2, 0) is 22.4 Å². The summed E-state index contributed by atoms with van der Waals surface area (Å²) in [6.45, 7) is 2.02. The van der Waals surface area contributed by atoms with Gasteiger partial charge in [0.25, 0.3) is 5.91 Å². The van der Waals surface area contributed by atoms with E-state index in [0.29, 0.717) is 31.1 Å².